The molecule has 0 aromatic rings. The summed E-state index contributed by atoms with van der Waals surface area (Å²) < 4.78 is 10.2. The molecule has 1 heterocycles. The highest BCUT2D eigenvalue weighted by atomic mass is 16.7. The molecule has 0 aromatic heterocycles. The van der Waals surface area contributed by atoms with E-state index in [1.165, 1.54) is 0 Å². The van der Waals surface area contributed by atoms with Crippen molar-refractivity contribution >= 4 is 0 Å². The van der Waals surface area contributed by atoms with Crippen molar-refractivity contribution in [2.24, 2.45) is 0 Å². The van der Waals surface area contributed by atoms with Crippen molar-refractivity contribution in [1.82, 2.24) is 0 Å². The van der Waals surface area contributed by atoms with E-state index in [9.17, 15) is 15.3 Å². The maximum Gasteiger partial charge on any atom is 0.186 e. The summed E-state index contributed by atoms with van der Waals surface area (Å²) in [6.45, 7) is 3.77. The number of aliphatic hydroxyl groups is 3. The van der Waals surface area contributed by atoms with Crippen LogP contribution in [-0.4, -0.2) is 52.6 Å². The van der Waals surface area contributed by atoms with Crippen molar-refractivity contribution in [2.75, 3.05) is 6.61 Å². The third-order valence-electron chi connectivity index (χ3n) is 2.14. The Morgan fingerprint density at radius 1 is 1.15 bits per heavy atom. The van der Waals surface area contributed by atoms with Crippen LogP contribution in [0.2, 0.25) is 0 Å². The Kier molecular flexibility index (Phi) is 3.63. The molecule has 0 aliphatic carbocycles. The third kappa shape index (κ3) is 2.18. The van der Waals surface area contributed by atoms with Gasteiger partial charge in [-0.25, -0.2) is 0 Å². The Morgan fingerprint density at radius 2 is 1.77 bits per heavy atom. The van der Waals surface area contributed by atoms with Gasteiger partial charge in [0, 0.05) is 6.61 Å². The molecule has 1 aliphatic rings. The molecule has 5 nitrogen and oxygen atoms in total. The number of rotatable bonds is 2. The summed E-state index contributed by atoms with van der Waals surface area (Å²) in [7, 11) is 0. The molecule has 0 aromatic carbocycles. The maximum atomic E-state index is 9.40. The molecule has 1 fully saturated rings. The Morgan fingerprint density at radius 3 is 2.31 bits per heavy atom. The second-order valence-electron chi connectivity index (χ2n) is 3.14. The van der Waals surface area contributed by atoms with E-state index in [1.807, 2.05) is 0 Å². The molecule has 0 radical (unpaired) electrons. The summed E-state index contributed by atoms with van der Waals surface area (Å²) >= 11 is 0. The highest BCUT2D eigenvalue weighted by Crippen LogP contribution is 2.21. The topological polar surface area (TPSA) is 79.2 Å². The van der Waals surface area contributed by atoms with E-state index in [0.717, 1.165) is 0 Å². The van der Waals surface area contributed by atoms with Crippen LogP contribution in [0.4, 0.5) is 0 Å². The Balaban J connectivity index is 2.59. The second kappa shape index (κ2) is 4.34. The van der Waals surface area contributed by atoms with E-state index >= 15 is 0 Å². The second-order valence-corrected chi connectivity index (χ2v) is 3.14. The Bertz CT molecular complexity index is 163. The van der Waals surface area contributed by atoms with Gasteiger partial charge in [0.2, 0.25) is 0 Å². The van der Waals surface area contributed by atoms with Crippen molar-refractivity contribution < 1.29 is 24.8 Å². The fourth-order valence-corrected chi connectivity index (χ4v) is 1.32. The van der Waals surface area contributed by atoms with Crippen molar-refractivity contribution in [1.29, 1.82) is 0 Å². The Hall–Kier alpha value is -0.200. The first-order valence-corrected chi connectivity index (χ1v) is 4.39. The first kappa shape index (κ1) is 10.9. The van der Waals surface area contributed by atoms with Gasteiger partial charge < -0.3 is 24.8 Å². The quantitative estimate of drug-likeness (QED) is 0.515. The molecule has 0 spiro atoms. The lowest BCUT2D eigenvalue weighted by Crippen LogP contribution is -2.57. The fraction of sp³-hybridized carbons (Fsp3) is 1.00. The number of hydrogen-bond donors (Lipinski definition) is 3. The van der Waals surface area contributed by atoms with E-state index in [4.69, 9.17) is 9.47 Å². The van der Waals surface area contributed by atoms with Gasteiger partial charge in [-0.05, 0) is 13.8 Å². The normalized spacial score (nSPS) is 46.4. The average molecular weight is 192 g/mol. The molecule has 5 heteroatoms. The predicted molar refractivity (Wildman–Crippen MR) is 44.0 cm³/mol. The minimum atomic E-state index is -1.21. The van der Waals surface area contributed by atoms with Crippen LogP contribution < -0.4 is 0 Å². The Labute approximate surface area is 76.9 Å². The van der Waals surface area contributed by atoms with Gasteiger partial charge in [-0.1, -0.05) is 0 Å². The molecule has 78 valence electrons. The lowest BCUT2D eigenvalue weighted by atomic mass is 10.0. The van der Waals surface area contributed by atoms with Crippen LogP contribution >= 0.6 is 0 Å². The summed E-state index contributed by atoms with van der Waals surface area (Å²) in [5, 5.41) is 28.1. The van der Waals surface area contributed by atoms with Gasteiger partial charge in [0.25, 0.3) is 0 Å². The van der Waals surface area contributed by atoms with Crippen LogP contribution in [0.25, 0.3) is 0 Å². The predicted octanol–water partition coefficient (Wildman–Crippen LogP) is -1.15. The van der Waals surface area contributed by atoms with Gasteiger partial charge in [-0.3, -0.25) is 0 Å². The van der Waals surface area contributed by atoms with E-state index in [-0.39, 0.29) is 0 Å². The number of aliphatic hydroxyl groups excluding tert-OH is 3. The molecule has 0 amide bonds. The number of hydrogen-bond acceptors (Lipinski definition) is 5. The fourth-order valence-electron chi connectivity index (χ4n) is 1.32. The average Bonchev–Trinajstić information content (AvgIpc) is 2.11. The standard InChI is InChI=1S/C8H16O5/c1-3-12-8-7(11)6(10)5(9)4(2)13-8/h4-11H,3H2,1-2H3/t4-,5-,6+,7+,8+/m0/s1. The van der Waals surface area contributed by atoms with E-state index in [0.29, 0.717) is 6.61 Å². The van der Waals surface area contributed by atoms with E-state index in [2.05, 4.69) is 0 Å². The third-order valence-corrected chi connectivity index (χ3v) is 2.14. The first-order chi connectivity index (χ1) is 6.07. The van der Waals surface area contributed by atoms with Gasteiger partial charge in [-0.15, -0.1) is 0 Å². The molecule has 1 aliphatic heterocycles. The SMILES string of the molecule is CCO[C@@H]1O[C@@H](C)[C@H](O)[C@@H](O)[C@H]1O. The van der Waals surface area contributed by atoms with Crippen LogP contribution in [-0.2, 0) is 9.47 Å². The summed E-state index contributed by atoms with van der Waals surface area (Å²) in [6.07, 6.45) is -4.84. The van der Waals surface area contributed by atoms with Crippen LogP contribution in [0.15, 0.2) is 0 Å². The highest BCUT2D eigenvalue weighted by molar-refractivity contribution is 4.86. The monoisotopic (exact) mass is 192 g/mol. The van der Waals surface area contributed by atoms with E-state index < -0.39 is 30.7 Å². The van der Waals surface area contributed by atoms with Crippen LogP contribution in [0.5, 0.6) is 0 Å². The number of ether oxygens (including phenoxy) is 2. The van der Waals surface area contributed by atoms with Crippen molar-refractivity contribution in [3.05, 3.63) is 0 Å². The zero-order valence-corrected chi connectivity index (χ0v) is 7.75. The molecule has 0 bridgehead atoms. The molecule has 0 unspecified atom stereocenters. The molecule has 1 rings (SSSR count). The van der Waals surface area contributed by atoms with Crippen LogP contribution in [0.3, 0.4) is 0 Å². The van der Waals surface area contributed by atoms with Gasteiger partial charge in [0.15, 0.2) is 6.29 Å². The minimum Gasteiger partial charge on any atom is -0.388 e. The molecule has 13 heavy (non-hydrogen) atoms. The zero-order valence-electron chi connectivity index (χ0n) is 7.75. The lowest BCUT2D eigenvalue weighted by molar-refractivity contribution is -0.291. The van der Waals surface area contributed by atoms with Crippen LogP contribution in [0, 0.1) is 0 Å². The maximum absolute atomic E-state index is 9.40. The summed E-state index contributed by atoms with van der Waals surface area (Å²) in [4.78, 5) is 0. The summed E-state index contributed by atoms with van der Waals surface area (Å²) in [5.74, 6) is 0. The summed E-state index contributed by atoms with van der Waals surface area (Å²) in [6, 6.07) is 0. The molecular weight excluding hydrogens is 176 g/mol. The smallest absolute Gasteiger partial charge is 0.186 e. The molecular formula is C8H16O5. The molecule has 3 N–H and O–H groups in total. The minimum absolute atomic E-state index is 0.386. The van der Waals surface area contributed by atoms with Crippen molar-refractivity contribution in [3.63, 3.8) is 0 Å². The molecule has 0 saturated carbocycles. The van der Waals surface area contributed by atoms with Gasteiger partial charge >= 0.3 is 0 Å². The van der Waals surface area contributed by atoms with Crippen molar-refractivity contribution in [3.8, 4) is 0 Å². The summed E-state index contributed by atoms with van der Waals surface area (Å²) in [5.41, 5.74) is 0. The van der Waals surface area contributed by atoms with Gasteiger partial charge in [-0.2, -0.15) is 0 Å². The lowest BCUT2D eigenvalue weighted by Gasteiger charge is -2.38. The van der Waals surface area contributed by atoms with Crippen molar-refractivity contribution in [2.45, 2.75) is 44.6 Å². The van der Waals surface area contributed by atoms with Gasteiger partial charge in [0.05, 0.1) is 6.10 Å². The highest BCUT2D eigenvalue weighted by Gasteiger charge is 2.42. The van der Waals surface area contributed by atoms with Gasteiger partial charge in [0.1, 0.15) is 18.3 Å². The molecule has 1 saturated heterocycles. The first-order valence-electron chi connectivity index (χ1n) is 4.39. The van der Waals surface area contributed by atoms with Crippen LogP contribution in [0.1, 0.15) is 13.8 Å². The zero-order chi connectivity index (χ0) is 10.0. The molecule has 5 atom stereocenters. The van der Waals surface area contributed by atoms with E-state index in [1.54, 1.807) is 13.8 Å². The largest absolute Gasteiger partial charge is 0.388 e.